The lowest BCUT2D eigenvalue weighted by atomic mass is 9.92. The molecule has 5 nitrogen and oxygen atoms in total. The predicted octanol–water partition coefficient (Wildman–Crippen LogP) is 3.01. The van der Waals surface area contributed by atoms with Crippen molar-refractivity contribution in [1.29, 1.82) is 0 Å². The number of piperidine rings is 1. The molecule has 1 aromatic heterocycles. The molecule has 6 heteroatoms. The normalized spacial score (nSPS) is 21.2. The molecule has 0 bridgehead atoms. The lowest BCUT2D eigenvalue weighted by Gasteiger charge is -2.36. The Morgan fingerprint density at radius 2 is 2.25 bits per heavy atom. The van der Waals surface area contributed by atoms with Gasteiger partial charge in [-0.15, -0.1) is 11.3 Å². The first-order valence-corrected chi connectivity index (χ1v) is 9.57. The summed E-state index contributed by atoms with van der Waals surface area (Å²) >= 11 is 1.57. The van der Waals surface area contributed by atoms with Gasteiger partial charge in [-0.25, -0.2) is 4.98 Å². The van der Waals surface area contributed by atoms with Crippen LogP contribution in [0.1, 0.15) is 50.2 Å². The molecule has 2 atom stereocenters. The lowest BCUT2D eigenvalue weighted by molar-refractivity contribution is -0.134. The number of amides is 2. The van der Waals surface area contributed by atoms with Crippen molar-refractivity contribution in [2.75, 3.05) is 13.1 Å². The van der Waals surface area contributed by atoms with Crippen LogP contribution in [0.25, 0.3) is 6.08 Å². The van der Waals surface area contributed by atoms with Gasteiger partial charge in [0, 0.05) is 30.6 Å². The lowest BCUT2D eigenvalue weighted by Crippen LogP contribution is -2.49. The Balaban J connectivity index is 1.93. The SMILES string of the molecule is CCCCNC(=O)[C@@H]1CC[C@@H](C)N(C(=O)/C=C/c2csc(C)n2)C1. The molecule has 0 spiro atoms. The first-order chi connectivity index (χ1) is 11.5. The predicted molar refractivity (Wildman–Crippen MR) is 97.7 cm³/mol. The Bertz CT molecular complexity index is 597. The van der Waals surface area contributed by atoms with E-state index >= 15 is 0 Å². The first-order valence-electron chi connectivity index (χ1n) is 8.69. The molecule has 1 fully saturated rings. The third-order valence-corrected chi connectivity index (χ3v) is 5.19. The highest BCUT2D eigenvalue weighted by Crippen LogP contribution is 2.22. The molecule has 1 aliphatic heterocycles. The Kier molecular flexibility index (Phi) is 6.97. The van der Waals surface area contributed by atoms with Crippen molar-refractivity contribution >= 4 is 29.2 Å². The smallest absolute Gasteiger partial charge is 0.246 e. The quantitative estimate of drug-likeness (QED) is 0.634. The Hall–Kier alpha value is -1.69. The van der Waals surface area contributed by atoms with Crippen molar-refractivity contribution in [3.05, 3.63) is 22.2 Å². The van der Waals surface area contributed by atoms with Crippen LogP contribution in [0.2, 0.25) is 0 Å². The second kappa shape index (κ2) is 8.97. The van der Waals surface area contributed by atoms with Gasteiger partial charge in [0.2, 0.25) is 11.8 Å². The summed E-state index contributed by atoms with van der Waals surface area (Å²) in [5.41, 5.74) is 0.810. The molecule has 2 heterocycles. The number of nitrogens with one attached hydrogen (secondary N) is 1. The van der Waals surface area contributed by atoms with E-state index < -0.39 is 0 Å². The maximum absolute atomic E-state index is 12.5. The molecule has 1 aliphatic rings. The zero-order valence-corrected chi connectivity index (χ0v) is 15.6. The van der Waals surface area contributed by atoms with E-state index in [-0.39, 0.29) is 23.8 Å². The summed E-state index contributed by atoms with van der Waals surface area (Å²) < 4.78 is 0. The maximum atomic E-state index is 12.5. The van der Waals surface area contributed by atoms with Crippen LogP contribution in [0.5, 0.6) is 0 Å². The van der Waals surface area contributed by atoms with Crippen LogP contribution >= 0.6 is 11.3 Å². The van der Waals surface area contributed by atoms with Crippen LogP contribution < -0.4 is 5.32 Å². The first kappa shape index (κ1) is 18.6. The summed E-state index contributed by atoms with van der Waals surface area (Å²) in [6.07, 6.45) is 7.09. The van der Waals surface area contributed by atoms with Crippen LogP contribution in [-0.2, 0) is 9.59 Å². The minimum atomic E-state index is -0.100. The number of hydrogen-bond acceptors (Lipinski definition) is 4. The van der Waals surface area contributed by atoms with Crippen molar-refractivity contribution in [2.45, 2.75) is 52.5 Å². The number of nitrogens with zero attached hydrogens (tertiary/aromatic N) is 2. The molecule has 132 valence electrons. The van der Waals surface area contributed by atoms with Gasteiger partial charge in [0.1, 0.15) is 0 Å². The van der Waals surface area contributed by atoms with Crippen molar-refractivity contribution < 1.29 is 9.59 Å². The van der Waals surface area contributed by atoms with Gasteiger partial charge in [-0.3, -0.25) is 9.59 Å². The van der Waals surface area contributed by atoms with Crippen LogP contribution in [0.15, 0.2) is 11.5 Å². The summed E-state index contributed by atoms with van der Waals surface area (Å²) in [5.74, 6) is -0.0663. The van der Waals surface area contributed by atoms with Gasteiger partial charge in [0.25, 0.3) is 0 Å². The van der Waals surface area contributed by atoms with Crippen molar-refractivity contribution in [3.63, 3.8) is 0 Å². The standard InChI is InChI=1S/C18H27N3O2S/c1-4-5-10-19-18(23)15-7-6-13(2)21(11-15)17(22)9-8-16-12-24-14(3)20-16/h8-9,12-13,15H,4-7,10-11H2,1-3H3,(H,19,23)/b9-8+/t13-,15-/m1/s1. The van der Waals surface area contributed by atoms with E-state index in [0.29, 0.717) is 6.54 Å². The molecule has 0 saturated carbocycles. The molecule has 2 amide bonds. The molecule has 2 rings (SSSR count). The maximum Gasteiger partial charge on any atom is 0.246 e. The van der Waals surface area contributed by atoms with E-state index in [9.17, 15) is 9.59 Å². The largest absolute Gasteiger partial charge is 0.356 e. The third kappa shape index (κ3) is 5.16. The highest BCUT2D eigenvalue weighted by molar-refractivity contribution is 7.09. The average Bonchev–Trinajstić information content (AvgIpc) is 2.98. The van der Waals surface area contributed by atoms with Gasteiger partial charge < -0.3 is 10.2 Å². The second-order valence-electron chi connectivity index (χ2n) is 6.38. The summed E-state index contributed by atoms with van der Waals surface area (Å²) in [6, 6.07) is 0.166. The molecular formula is C18H27N3O2S. The van der Waals surface area contributed by atoms with Gasteiger partial charge in [-0.2, -0.15) is 0 Å². The van der Waals surface area contributed by atoms with E-state index in [2.05, 4.69) is 17.2 Å². The van der Waals surface area contributed by atoms with Gasteiger partial charge in [0.05, 0.1) is 16.6 Å². The monoisotopic (exact) mass is 349 g/mol. The van der Waals surface area contributed by atoms with Crippen LogP contribution in [-0.4, -0.2) is 40.8 Å². The Morgan fingerprint density at radius 1 is 1.46 bits per heavy atom. The molecule has 0 radical (unpaired) electrons. The van der Waals surface area contributed by atoms with Crippen LogP contribution in [0.3, 0.4) is 0 Å². The molecule has 0 unspecified atom stereocenters. The number of rotatable bonds is 6. The molecular weight excluding hydrogens is 322 g/mol. The van der Waals surface area contributed by atoms with E-state index in [0.717, 1.165) is 42.9 Å². The number of aromatic nitrogens is 1. The molecule has 1 saturated heterocycles. The van der Waals surface area contributed by atoms with Gasteiger partial charge in [-0.05, 0) is 39.2 Å². The molecule has 24 heavy (non-hydrogen) atoms. The Morgan fingerprint density at radius 3 is 2.92 bits per heavy atom. The highest BCUT2D eigenvalue weighted by atomic mass is 32.1. The van der Waals surface area contributed by atoms with E-state index in [1.54, 1.807) is 23.5 Å². The average molecular weight is 350 g/mol. The fraction of sp³-hybridized carbons (Fsp3) is 0.611. The number of likely N-dealkylation sites (tertiary alicyclic amines) is 1. The molecule has 0 aromatic carbocycles. The van der Waals surface area contributed by atoms with Crippen LogP contribution in [0.4, 0.5) is 0 Å². The number of carbonyl (C=O) groups excluding carboxylic acids is 2. The summed E-state index contributed by atoms with van der Waals surface area (Å²) in [5, 5.41) is 5.90. The summed E-state index contributed by atoms with van der Waals surface area (Å²) in [7, 11) is 0. The van der Waals surface area contributed by atoms with Crippen molar-refractivity contribution in [2.24, 2.45) is 5.92 Å². The fourth-order valence-electron chi connectivity index (χ4n) is 2.87. The third-order valence-electron chi connectivity index (χ3n) is 4.40. The zero-order chi connectivity index (χ0) is 17.5. The van der Waals surface area contributed by atoms with Crippen LogP contribution in [0, 0.1) is 12.8 Å². The van der Waals surface area contributed by atoms with E-state index in [1.807, 2.05) is 24.1 Å². The number of hydrogen-bond donors (Lipinski definition) is 1. The van der Waals surface area contributed by atoms with E-state index in [1.165, 1.54) is 0 Å². The highest BCUT2D eigenvalue weighted by Gasteiger charge is 2.31. The van der Waals surface area contributed by atoms with Gasteiger partial charge in [0.15, 0.2) is 0 Å². The summed E-state index contributed by atoms with van der Waals surface area (Å²) in [4.78, 5) is 30.9. The molecule has 0 aliphatic carbocycles. The number of aryl methyl sites for hydroxylation is 1. The van der Waals surface area contributed by atoms with E-state index in [4.69, 9.17) is 0 Å². The molecule has 1 aromatic rings. The number of unbranched alkanes of at least 4 members (excludes halogenated alkanes) is 1. The fourth-order valence-corrected chi connectivity index (χ4v) is 3.45. The van der Waals surface area contributed by atoms with Crippen molar-refractivity contribution in [1.82, 2.24) is 15.2 Å². The number of thiazole rings is 1. The Labute approximate surface area is 148 Å². The second-order valence-corrected chi connectivity index (χ2v) is 7.45. The molecule has 1 N–H and O–H groups in total. The van der Waals surface area contributed by atoms with Gasteiger partial charge in [-0.1, -0.05) is 13.3 Å². The zero-order valence-electron chi connectivity index (χ0n) is 14.7. The summed E-state index contributed by atoms with van der Waals surface area (Å²) in [6.45, 7) is 7.31. The minimum Gasteiger partial charge on any atom is -0.356 e. The number of carbonyl (C=O) groups is 2. The van der Waals surface area contributed by atoms with Crippen molar-refractivity contribution in [3.8, 4) is 0 Å². The van der Waals surface area contributed by atoms with Gasteiger partial charge >= 0.3 is 0 Å². The topological polar surface area (TPSA) is 62.3 Å². The minimum absolute atomic E-state index is 0.0424.